The summed E-state index contributed by atoms with van der Waals surface area (Å²) in [5.74, 6) is 0.332. The lowest BCUT2D eigenvalue weighted by atomic mass is 9.98. The second kappa shape index (κ2) is 5.55. The van der Waals surface area contributed by atoms with Crippen LogP contribution in [0.5, 0.6) is 0 Å². The number of nitrogens with two attached hydrogens (primary N) is 2. The summed E-state index contributed by atoms with van der Waals surface area (Å²) < 4.78 is 5.85. The minimum Gasteiger partial charge on any atom is -0.394 e. The van der Waals surface area contributed by atoms with Crippen molar-refractivity contribution in [2.24, 2.45) is 21.6 Å². The largest absolute Gasteiger partial charge is 0.394 e. The molecular formula is C13H17N5O2S. The molecule has 21 heavy (non-hydrogen) atoms. The molecule has 0 aromatic heterocycles. The molecule has 0 aromatic rings. The van der Waals surface area contributed by atoms with E-state index >= 15 is 0 Å². The van der Waals surface area contributed by atoms with Gasteiger partial charge in [-0.25, -0.2) is 4.99 Å². The molecule has 7 nitrogen and oxygen atoms in total. The molecule has 0 bridgehead atoms. The van der Waals surface area contributed by atoms with Crippen molar-refractivity contribution < 1.29 is 9.84 Å². The maximum atomic E-state index is 9.20. The lowest BCUT2D eigenvalue weighted by Crippen LogP contribution is -2.46. The third-order valence-corrected chi connectivity index (χ3v) is 4.05. The highest BCUT2D eigenvalue weighted by Gasteiger charge is 2.38. The maximum absolute atomic E-state index is 9.20. The van der Waals surface area contributed by atoms with E-state index in [1.165, 1.54) is 6.34 Å². The minimum atomic E-state index is -0.118. The van der Waals surface area contributed by atoms with Crippen LogP contribution in [0.2, 0.25) is 0 Å². The number of fused-ring (bicyclic) bond motifs is 1. The minimum absolute atomic E-state index is 0.0284. The number of nitrogens with zero attached hydrogens (tertiary/aromatic N) is 3. The van der Waals surface area contributed by atoms with Gasteiger partial charge in [0.15, 0.2) is 5.84 Å². The van der Waals surface area contributed by atoms with Gasteiger partial charge in [-0.05, 0) is 12.8 Å². The number of aliphatic hydroxyl groups excluding tert-OH is 1. The van der Waals surface area contributed by atoms with Gasteiger partial charge in [0.25, 0.3) is 0 Å². The molecule has 0 amide bonds. The molecule has 5 N–H and O–H groups in total. The predicted octanol–water partition coefficient (Wildman–Crippen LogP) is -0.379. The summed E-state index contributed by atoms with van der Waals surface area (Å²) in [5.41, 5.74) is 13.0. The van der Waals surface area contributed by atoms with Gasteiger partial charge in [0.2, 0.25) is 0 Å². The standard InChI is InChI=1S/C13H17N5O2S/c14-12-11-8(13(15)21)2-3-9(18(11)17-6-16-12)10-4-1-7(5-19)20-10/h2-3,6-7,9-10,19H,1,4-5H2,(H2,15,21)(H2,14,16,17)/t7-,9?,10+/m0/s1. The van der Waals surface area contributed by atoms with E-state index in [0.29, 0.717) is 17.1 Å². The zero-order valence-electron chi connectivity index (χ0n) is 11.3. The van der Waals surface area contributed by atoms with Crippen molar-refractivity contribution in [3.05, 3.63) is 23.4 Å². The zero-order valence-corrected chi connectivity index (χ0v) is 12.2. The Morgan fingerprint density at radius 2 is 2.33 bits per heavy atom. The van der Waals surface area contributed by atoms with Crippen molar-refractivity contribution in [3.63, 3.8) is 0 Å². The fourth-order valence-corrected chi connectivity index (χ4v) is 2.99. The van der Waals surface area contributed by atoms with Gasteiger partial charge in [-0.1, -0.05) is 24.4 Å². The van der Waals surface area contributed by atoms with Crippen LogP contribution >= 0.6 is 12.2 Å². The Hall–Kier alpha value is -1.77. The SMILES string of the molecule is NC(=S)C1=C2C(N)=NC=NN2C([C@H]2CC[C@@H](CO)O2)C=C1. The van der Waals surface area contributed by atoms with Crippen molar-refractivity contribution in [3.8, 4) is 0 Å². The molecule has 3 rings (SSSR count). The molecule has 3 aliphatic rings. The van der Waals surface area contributed by atoms with E-state index in [1.54, 1.807) is 5.01 Å². The molecule has 0 aromatic carbocycles. The first-order chi connectivity index (χ1) is 10.1. The number of hydrazone groups is 1. The number of rotatable bonds is 3. The van der Waals surface area contributed by atoms with Crippen molar-refractivity contribution in [1.29, 1.82) is 0 Å². The summed E-state index contributed by atoms with van der Waals surface area (Å²) in [6, 6.07) is -0.111. The van der Waals surface area contributed by atoms with E-state index in [2.05, 4.69) is 10.1 Å². The molecule has 0 saturated carbocycles. The van der Waals surface area contributed by atoms with Gasteiger partial charge < -0.3 is 21.3 Å². The van der Waals surface area contributed by atoms with Crippen LogP contribution in [-0.2, 0) is 4.74 Å². The second-order valence-corrected chi connectivity index (χ2v) is 5.56. The number of hydrogen-bond donors (Lipinski definition) is 3. The Bertz CT molecular complexity index is 583. The number of ether oxygens (including phenoxy) is 1. The summed E-state index contributed by atoms with van der Waals surface area (Å²) in [6.45, 7) is 0.0284. The fourth-order valence-electron chi connectivity index (χ4n) is 2.82. The molecule has 3 aliphatic heterocycles. The molecule has 3 heterocycles. The summed E-state index contributed by atoms with van der Waals surface area (Å²) in [7, 11) is 0. The highest BCUT2D eigenvalue weighted by atomic mass is 32.1. The van der Waals surface area contributed by atoms with Crippen molar-refractivity contribution in [1.82, 2.24) is 5.01 Å². The van der Waals surface area contributed by atoms with Gasteiger partial charge in [0, 0.05) is 5.57 Å². The Kier molecular flexibility index (Phi) is 3.75. The summed E-state index contributed by atoms with van der Waals surface area (Å²) in [5, 5.41) is 15.2. The third kappa shape index (κ3) is 2.45. The molecular weight excluding hydrogens is 290 g/mol. The van der Waals surface area contributed by atoms with Gasteiger partial charge >= 0.3 is 0 Å². The molecule has 1 fully saturated rings. The average Bonchev–Trinajstić information content (AvgIpc) is 2.95. The van der Waals surface area contributed by atoms with Crippen LogP contribution in [-0.4, -0.2) is 52.1 Å². The molecule has 0 spiro atoms. The molecule has 112 valence electrons. The molecule has 0 aliphatic carbocycles. The Morgan fingerprint density at radius 1 is 1.52 bits per heavy atom. The van der Waals surface area contributed by atoms with E-state index in [9.17, 15) is 5.11 Å². The topological polar surface area (TPSA) is 109 Å². The van der Waals surface area contributed by atoms with E-state index in [1.807, 2.05) is 12.2 Å². The van der Waals surface area contributed by atoms with Gasteiger partial charge in [-0.2, -0.15) is 5.10 Å². The highest BCUT2D eigenvalue weighted by molar-refractivity contribution is 7.80. The molecule has 1 saturated heterocycles. The van der Waals surface area contributed by atoms with Crippen LogP contribution in [0.25, 0.3) is 0 Å². The van der Waals surface area contributed by atoms with Crippen LogP contribution in [0, 0.1) is 0 Å². The first kappa shape index (κ1) is 14.2. The summed E-state index contributed by atoms with van der Waals surface area (Å²) in [4.78, 5) is 4.26. The lowest BCUT2D eigenvalue weighted by Gasteiger charge is -2.36. The van der Waals surface area contributed by atoms with Gasteiger partial charge in [0.05, 0.1) is 24.9 Å². The zero-order chi connectivity index (χ0) is 15.0. The number of amidine groups is 1. The second-order valence-electron chi connectivity index (χ2n) is 5.12. The van der Waals surface area contributed by atoms with Crippen LogP contribution in [0.15, 0.2) is 33.5 Å². The average molecular weight is 307 g/mol. The normalized spacial score (nSPS) is 31.4. The Balaban J connectivity index is 1.91. The predicted molar refractivity (Wildman–Crippen MR) is 83.7 cm³/mol. The third-order valence-electron chi connectivity index (χ3n) is 3.83. The molecule has 0 radical (unpaired) electrons. The molecule has 8 heteroatoms. The van der Waals surface area contributed by atoms with E-state index in [-0.39, 0.29) is 29.8 Å². The summed E-state index contributed by atoms with van der Waals surface area (Å²) >= 11 is 5.06. The first-order valence-corrected chi connectivity index (χ1v) is 7.16. The van der Waals surface area contributed by atoms with Gasteiger partial charge in [-0.3, -0.25) is 5.01 Å². The van der Waals surface area contributed by atoms with Crippen molar-refractivity contribution in [2.75, 3.05) is 6.61 Å². The number of aliphatic hydroxyl groups is 1. The van der Waals surface area contributed by atoms with E-state index in [4.69, 9.17) is 28.4 Å². The quantitative estimate of drug-likeness (QED) is 0.613. The number of hydrogen-bond acceptors (Lipinski definition) is 7. The fraction of sp³-hybridized carbons (Fsp3) is 0.462. The van der Waals surface area contributed by atoms with Crippen molar-refractivity contribution >= 4 is 29.4 Å². The van der Waals surface area contributed by atoms with Crippen LogP contribution < -0.4 is 11.5 Å². The number of thiocarbonyl (C=S) groups is 1. The number of aliphatic imine (C=N–C) groups is 1. The lowest BCUT2D eigenvalue weighted by molar-refractivity contribution is -0.0140. The van der Waals surface area contributed by atoms with E-state index < -0.39 is 0 Å². The van der Waals surface area contributed by atoms with Crippen LogP contribution in [0.4, 0.5) is 0 Å². The molecule has 1 unspecified atom stereocenters. The Labute approximate surface area is 127 Å². The van der Waals surface area contributed by atoms with Gasteiger partial charge in [-0.15, -0.1) is 0 Å². The summed E-state index contributed by atoms with van der Waals surface area (Å²) in [6.07, 6.45) is 6.70. The van der Waals surface area contributed by atoms with Crippen LogP contribution in [0.3, 0.4) is 0 Å². The van der Waals surface area contributed by atoms with Crippen molar-refractivity contribution in [2.45, 2.75) is 31.1 Å². The first-order valence-electron chi connectivity index (χ1n) is 6.75. The van der Waals surface area contributed by atoms with E-state index in [0.717, 1.165) is 12.8 Å². The highest BCUT2D eigenvalue weighted by Crippen LogP contribution is 2.32. The maximum Gasteiger partial charge on any atom is 0.151 e. The van der Waals surface area contributed by atoms with Crippen LogP contribution in [0.1, 0.15) is 12.8 Å². The molecule has 3 atom stereocenters. The monoisotopic (exact) mass is 307 g/mol. The smallest absolute Gasteiger partial charge is 0.151 e. The van der Waals surface area contributed by atoms with Gasteiger partial charge in [0.1, 0.15) is 17.0 Å². The Morgan fingerprint density at radius 3 is 3.00 bits per heavy atom.